The van der Waals surface area contributed by atoms with Gasteiger partial charge in [-0.15, -0.1) is 0 Å². The first-order valence-corrected chi connectivity index (χ1v) is 6.85. The summed E-state index contributed by atoms with van der Waals surface area (Å²) in [4.78, 5) is 0. The molecule has 7 heteroatoms. The van der Waals surface area contributed by atoms with Crippen molar-refractivity contribution in [1.29, 1.82) is 0 Å². The molecule has 1 fully saturated rings. The molecule has 0 spiro atoms. The van der Waals surface area contributed by atoms with E-state index in [-0.39, 0.29) is 18.4 Å². The predicted octanol–water partition coefficient (Wildman–Crippen LogP) is 4.83. The van der Waals surface area contributed by atoms with Crippen molar-refractivity contribution >= 4 is 0 Å². The Bertz CT molecular complexity index is 540. The molecule has 0 radical (unpaired) electrons. The molecule has 0 heterocycles. The predicted molar refractivity (Wildman–Crippen MR) is 68.3 cm³/mol. The lowest BCUT2D eigenvalue weighted by Crippen LogP contribution is -2.50. The van der Waals surface area contributed by atoms with Crippen LogP contribution in [0.2, 0.25) is 0 Å². The molecule has 1 aliphatic rings. The maximum atomic E-state index is 13.1. The van der Waals surface area contributed by atoms with Gasteiger partial charge in [0.2, 0.25) is 0 Å². The Balaban J connectivity index is 2.45. The van der Waals surface area contributed by atoms with Gasteiger partial charge >= 0.3 is 12.4 Å². The molecular formula is C15H16F6O. The van der Waals surface area contributed by atoms with Crippen LogP contribution >= 0.6 is 0 Å². The van der Waals surface area contributed by atoms with E-state index in [0.29, 0.717) is 13.3 Å². The normalized spacial score (nSPS) is 21.1. The SMILES string of the molecule is CC(O)(CC1(c2ccccc2C(F)(F)F)CCC1)C(F)(F)F. The molecule has 1 aromatic carbocycles. The van der Waals surface area contributed by atoms with Gasteiger partial charge in [0.15, 0.2) is 5.60 Å². The van der Waals surface area contributed by atoms with Crippen molar-refractivity contribution in [2.75, 3.05) is 0 Å². The Kier molecular flexibility index (Phi) is 4.00. The Morgan fingerprint density at radius 2 is 1.59 bits per heavy atom. The summed E-state index contributed by atoms with van der Waals surface area (Å²) in [6.45, 7) is 0.614. The zero-order chi connectivity index (χ0) is 16.8. The van der Waals surface area contributed by atoms with Crippen LogP contribution < -0.4 is 0 Å². The van der Waals surface area contributed by atoms with E-state index in [2.05, 4.69) is 0 Å². The number of benzene rings is 1. The summed E-state index contributed by atoms with van der Waals surface area (Å²) >= 11 is 0. The molecule has 0 amide bonds. The Labute approximate surface area is 123 Å². The quantitative estimate of drug-likeness (QED) is 0.789. The minimum absolute atomic E-state index is 0.154. The molecule has 2 rings (SSSR count). The number of hydrogen-bond donors (Lipinski definition) is 1. The lowest BCUT2D eigenvalue weighted by atomic mass is 9.59. The third-order valence-electron chi connectivity index (χ3n) is 4.41. The van der Waals surface area contributed by atoms with E-state index < -0.39 is 35.4 Å². The van der Waals surface area contributed by atoms with Crippen molar-refractivity contribution in [3.8, 4) is 0 Å². The van der Waals surface area contributed by atoms with Gasteiger partial charge in [-0.3, -0.25) is 0 Å². The molecule has 0 saturated heterocycles. The van der Waals surface area contributed by atoms with Crippen LogP contribution in [0.15, 0.2) is 24.3 Å². The van der Waals surface area contributed by atoms with Crippen LogP contribution in [0.3, 0.4) is 0 Å². The maximum absolute atomic E-state index is 13.1. The summed E-state index contributed by atoms with van der Waals surface area (Å²) < 4.78 is 78.1. The van der Waals surface area contributed by atoms with Crippen LogP contribution in [0.5, 0.6) is 0 Å². The molecule has 0 aromatic heterocycles. The number of aliphatic hydroxyl groups is 1. The lowest BCUT2D eigenvalue weighted by Gasteiger charge is -2.47. The van der Waals surface area contributed by atoms with E-state index in [4.69, 9.17) is 0 Å². The van der Waals surface area contributed by atoms with Crippen LogP contribution in [0, 0.1) is 0 Å². The van der Waals surface area contributed by atoms with E-state index in [1.807, 2.05) is 0 Å². The molecule has 1 aliphatic carbocycles. The second-order valence-electron chi connectivity index (χ2n) is 6.13. The maximum Gasteiger partial charge on any atom is 0.416 e. The number of rotatable bonds is 3. The van der Waals surface area contributed by atoms with Crippen molar-refractivity contribution < 1.29 is 31.4 Å². The topological polar surface area (TPSA) is 20.2 Å². The van der Waals surface area contributed by atoms with Crippen molar-refractivity contribution in [3.05, 3.63) is 35.4 Å². The lowest BCUT2D eigenvalue weighted by molar-refractivity contribution is -0.262. The molecule has 1 saturated carbocycles. The Hall–Kier alpha value is -1.24. The van der Waals surface area contributed by atoms with E-state index >= 15 is 0 Å². The van der Waals surface area contributed by atoms with Crippen molar-refractivity contribution in [2.24, 2.45) is 0 Å². The van der Waals surface area contributed by atoms with Gasteiger partial charge in [0.25, 0.3) is 0 Å². The van der Waals surface area contributed by atoms with Crippen molar-refractivity contribution in [1.82, 2.24) is 0 Å². The van der Waals surface area contributed by atoms with E-state index in [9.17, 15) is 31.4 Å². The number of halogens is 6. The summed E-state index contributed by atoms with van der Waals surface area (Å²) in [7, 11) is 0. The van der Waals surface area contributed by atoms with Crippen LogP contribution in [-0.2, 0) is 11.6 Å². The van der Waals surface area contributed by atoms with Crippen LogP contribution in [0.1, 0.15) is 43.7 Å². The number of hydrogen-bond acceptors (Lipinski definition) is 1. The first-order valence-electron chi connectivity index (χ1n) is 6.85. The second kappa shape index (κ2) is 5.15. The highest BCUT2D eigenvalue weighted by molar-refractivity contribution is 5.38. The minimum Gasteiger partial charge on any atom is -0.381 e. The highest BCUT2D eigenvalue weighted by atomic mass is 19.4. The summed E-state index contributed by atoms with van der Waals surface area (Å²) in [5.74, 6) is 0. The fourth-order valence-electron chi connectivity index (χ4n) is 3.10. The monoisotopic (exact) mass is 326 g/mol. The van der Waals surface area contributed by atoms with E-state index in [1.54, 1.807) is 0 Å². The van der Waals surface area contributed by atoms with Crippen LogP contribution in [0.25, 0.3) is 0 Å². The van der Waals surface area contributed by atoms with E-state index in [0.717, 1.165) is 6.07 Å². The third-order valence-corrected chi connectivity index (χ3v) is 4.41. The average Bonchev–Trinajstić information content (AvgIpc) is 2.31. The zero-order valence-corrected chi connectivity index (χ0v) is 11.9. The fraction of sp³-hybridized carbons (Fsp3) is 0.600. The van der Waals surface area contributed by atoms with Gasteiger partial charge in [-0.2, -0.15) is 26.3 Å². The summed E-state index contributed by atoms with van der Waals surface area (Å²) in [6.07, 6.45) is -9.35. The van der Waals surface area contributed by atoms with Crippen LogP contribution in [-0.4, -0.2) is 16.9 Å². The third kappa shape index (κ3) is 2.95. The molecule has 1 aromatic rings. The highest BCUT2D eigenvalue weighted by Gasteiger charge is 2.56. The molecule has 22 heavy (non-hydrogen) atoms. The molecule has 1 atom stereocenters. The molecule has 1 N–H and O–H groups in total. The number of alkyl halides is 6. The van der Waals surface area contributed by atoms with Gasteiger partial charge in [-0.05, 0) is 43.2 Å². The largest absolute Gasteiger partial charge is 0.416 e. The highest BCUT2D eigenvalue weighted by Crippen LogP contribution is 2.54. The minimum atomic E-state index is -4.89. The van der Waals surface area contributed by atoms with Gasteiger partial charge in [-0.1, -0.05) is 24.6 Å². The van der Waals surface area contributed by atoms with Gasteiger partial charge in [0, 0.05) is 0 Å². The molecule has 0 aliphatic heterocycles. The van der Waals surface area contributed by atoms with Crippen LogP contribution in [0.4, 0.5) is 26.3 Å². The van der Waals surface area contributed by atoms with Gasteiger partial charge in [0.05, 0.1) is 5.56 Å². The van der Waals surface area contributed by atoms with Gasteiger partial charge < -0.3 is 5.11 Å². The van der Waals surface area contributed by atoms with Gasteiger partial charge in [-0.25, -0.2) is 0 Å². The first kappa shape index (κ1) is 17.1. The molecule has 0 bridgehead atoms. The Morgan fingerprint density at radius 3 is 2.00 bits per heavy atom. The Morgan fingerprint density at radius 1 is 1.05 bits per heavy atom. The smallest absolute Gasteiger partial charge is 0.381 e. The van der Waals surface area contributed by atoms with Gasteiger partial charge in [0.1, 0.15) is 0 Å². The van der Waals surface area contributed by atoms with Crippen molar-refractivity contribution in [2.45, 2.75) is 56.0 Å². The zero-order valence-electron chi connectivity index (χ0n) is 11.9. The first-order chi connectivity index (χ1) is 9.89. The molecule has 1 nitrogen and oxygen atoms in total. The summed E-state index contributed by atoms with van der Waals surface area (Å²) in [5, 5.41) is 9.70. The molecule has 1 unspecified atom stereocenters. The second-order valence-corrected chi connectivity index (χ2v) is 6.13. The standard InChI is InChI=1S/C15H16F6O/c1-12(22,15(19,20)21)9-13(7-4-8-13)10-5-2-3-6-11(10)14(16,17)18/h2-3,5-6,22H,4,7-9H2,1H3. The molecule has 124 valence electrons. The fourth-order valence-corrected chi connectivity index (χ4v) is 3.10. The van der Waals surface area contributed by atoms with E-state index in [1.165, 1.54) is 18.2 Å². The molecular weight excluding hydrogens is 310 g/mol. The average molecular weight is 326 g/mol. The summed E-state index contributed by atoms with van der Waals surface area (Å²) in [6, 6.07) is 4.68. The van der Waals surface area contributed by atoms with Crippen molar-refractivity contribution in [3.63, 3.8) is 0 Å². The summed E-state index contributed by atoms with van der Waals surface area (Å²) in [5.41, 5.74) is -5.39.